The number of esters is 1. The van der Waals surface area contributed by atoms with Crippen LogP contribution in [0.15, 0.2) is 79.4 Å². The van der Waals surface area contributed by atoms with Crippen LogP contribution in [0, 0.1) is 0 Å². The molecule has 37 heavy (non-hydrogen) atoms. The van der Waals surface area contributed by atoms with Crippen molar-refractivity contribution in [3.8, 4) is 28.8 Å². The number of benzene rings is 3. The molecule has 2 heterocycles. The van der Waals surface area contributed by atoms with E-state index in [0.29, 0.717) is 27.8 Å². The summed E-state index contributed by atoms with van der Waals surface area (Å²) in [4.78, 5) is 29.7. The minimum Gasteiger partial charge on any atom is -0.493 e. The van der Waals surface area contributed by atoms with E-state index in [1.54, 1.807) is 30.3 Å². The van der Waals surface area contributed by atoms with Crippen LogP contribution in [-0.2, 0) is 4.79 Å². The van der Waals surface area contributed by atoms with Crippen molar-refractivity contribution in [2.24, 2.45) is 5.10 Å². The van der Waals surface area contributed by atoms with Gasteiger partial charge >= 0.3 is 5.97 Å². The molecule has 0 aliphatic rings. The number of nitrogens with zero attached hydrogens (tertiary/aromatic N) is 3. The molecule has 0 N–H and O–H groups in total. The first-order valence-corrected chi connectivity index (χ1v) is 11.9. The zero-order valence-electron chi connectivity index (χ0n) is 20.0. The van der Waals surface area contributed by atoms with Gasteiger partial charge in [0.15, 0.2) is 17.3 Å². The van der Waals surface area contributed by atoms with Crippen molar-refractivity contribution in [1.29, 1.82) is 0 Å². The number of rotatable bonds is 6. The Hall–Kier alpha value is -4.44. The summed E-state index contributed by atoms with van der Waals surface area (Å²) in [6.07, 6.45) is 1.46. The molecule has 0 unspecified atom stereocenters. The Morgan fingerprint density at radius 2 is 1.78 bits per heavy atom. The Morgan fingerprint density at radius 1 is 1.05 bits per heavy atom. The van der Waals surface area contributed by atoms with Gasteiger partial charge in [0.05, 0.1) is 31.3 Å². The van der Waals surface area contributed by atoms with Crippen molar-refractivity contribution in [2.75, 3.05) is 14.2 Å². The lowest BCUT2D eigenvalue weighted by atomic mass is 10.2. The second kappa shape index (κ2) is 9.90. The van der Waals surface area contributed by atoms with E-state index in [2.05, 4.69) is 26.0 Å². The second-order valence-electron chi connectivity index (χ2n) is 7.96. The van der Waals surface area contributed by atoms with Crippen LogP contribution in [0.2, 0.25) is 0 Å². The van der Waals surface area contributed by atoms with Crippen molar-refractivity contribution in [3.05, 3.63) is 81.1 Å². The molecule has 2 aromatic heterocycles. The predicted octanol–water partition coefficient (Wildman–Crippen LogP) is 5.40. The maximum Gasteiger partial charge on any atom is 0.308 e. The van der Waals surface area contributed by atoms with Gasteiger partial charge in [-0.1, -0.05) is 28.1 Å². The molecule has 0 atom stereocenters. The van der Waals surface area contributed by atoms with Gasteiger partial charge in [0.2, 0.25) is 11.6 Å². The molecule has 0 saturated heterocycles. The minimum absolute atomic E-state index is 0.147. The summed E-state index contributed by atoms with van der Waals surface area (Å²) < 4.78 is 24.1. The largest absolute Gasteiger partial charge is 0.493 e. The quantitative estimate of drug-likeness (QED) is 0.155. The lowest BCUT2D eigenvalue weighted by Crippen LogP contribution is -2.20. The van der Waals surface area contributed by atoms with E-state index < -0.39 is 5.97 Å². The third kappa shape index (κ3) is 4.70. The summed E-state index contributed by atoms with van der Waals surface area (Å²) >= 11 is 3.46. The van der Waals surface area contributed by atoms with Crippen molar-refractivity contribution in [1.82, 2.24) is 9.66 Å². The summed E-state index contributed by atoms with van der Waals surface area (Å²) in [6, 6.07) is 17.7. The van der Waals surface area contributed by atoms with Gasteiger partial charge in [0.1, 0.15) is 5.58 Å². The highest BCUT2D eigenvalue weighted by Gasteiger charge is 2.18. The first kappa shape index (κ1) is 24.3. The number of halogens is 1. The summed E-state index contributed by atoms with van der Waals surface area (Å²) in [7, 11) is 2.89. The van der Waals surface area contributed by atoms with Crippen LogP contribution in [0.4, 0.5) is 0 Å². The molecule has 10 heteroatoms. The van der Waals surface area contributed by atoms with Crippen molar-refractivity contribution >= 4 is 50.0 Å². The van der Waals surface area contributed by atoms with Gasteiger partial charge in [0.25, 0.3) is 5.56 Å². The number of hydrogen-bond donors (Lipinski definition) is 0. The number of fused-ring (bicyclic) bond motifs is 2. The molecule has 5 rings (SSSR count). The molecule has 9 nitrogen and oxygen atoms in total. The van der Waals surface area contributed by atoms with Crippen molar-refractivity contribution < 1.29 is 23.4 Å². The van der Waals surface area contributed by atoms with Gasteiger partial charge in [-0.3, -0.25) is 9.59 Å². The Morgan fingerprint density at radius 3 is 2.49 bits per heavy atom. The Balaban J connectivity index is 1.68. The number of ether oxygens (including phenoxy) is 3. The van der Waals surface area contributed by atoms with E-state index in [1.807, 2.05) is 30.3 Å². The first-order chi connectivity index (χ1) is 17.9. The average molecular weight is 562 g/mol. The molecule has 0 saturated carbocycles. The minimum atomic E-state index is -0.519. The normalized spacial score (nSPS) is 11.4. The molecule has 0 fully saturated rings. The number of para-hydroxylation sites is 1. The van der Waals surface area contributed by atoms with Crippen LogP contribution >= 0.6 is 15.9 Å². The molecule has 0 spiro atoms. The fourth-order valence-corrected chi connectivity index (χ4v) is 4.24. The molecule has 0 aliphatic heterocycles. The van der Waals surface area contributed by atoms with Crippen LogP contribution in [0.5, 0.6) is 17.2 Å². The Labute approximate surface area is 219 Å². The zero-order chi connectivity index (χ0) is 26.1. The fraction of sp³-hybridized carbons (Fsp3) is 0.111. The van der Waals surface area contributed by atoms with Gasteiger partial charge in [-0.2, -0.15) is 9.78 Å². The average Bonchev–Trinajstić information content (AvgIpc) is 3.31. The van der Waals surface area contributed by atoms with Gasteiger partial charge in [-0.15, -0.1) is 0 Å². The van der Waals surface area contributed by atoms with Crippen LogP contribution < -0.4 is 19.8 Å². The van der Waals surface area contributed by atoms with Crippen LogP contribution in [0.3, 0.4) is 0 Å². The third-order valence-electron chi connectivity index (χ3n) is 5.50. The van der Waals surface area contributed by atoms with E-state index in [9.17, 15) is 9.59 Å². The molecule has 186 valence electrons. The highest BCUT2D eigenvalue weighted by atomic mass is 79.9. The number of carbonyl (C=O) groups is 1. The third-order valence-corrected chi connectivity index (χ3v) is 6.00. The summed E-state index contributed by atoms with van der Waals surface area (Å²) in [5.74, 6) is 0.782. The van der Waals surface area contributed by atoms with Crippen LogP contribution in [0.1, 0.15) is 12.5 Å². The van der Waals surface area contributed by atoms with E-state index in [-0.39, 0.29) is 28.6 Å². The van der Waals surface area contributed by atoms with Gasteiger partial charge in [-0.05, 0) is 48.5 Å². The molecule has 0 radical (unpaired) electrons. The maximum absolute atomic E-state index is 13.5. The summed E-state index contributed by atoms with van der Waals surface area (Å²) in [6.45, 7) is 1.28. The van der Waals surface area contributed by atoms with Gasteiger partial charge < -0.3 is 18.6 Å². The highest BCUT2D eigenvalue weighted by molar-refractivity contribution is 9.10. The van der Waals surface area contributed by atoms with Crippen LogP contribution in [0.25, 0.3) is 33.5 Å². The maximum atomic E-state index is 13.5. The summed E-state index contributed by atoms with van der Waals surface area (Å²) in [5.41, 5.74) is 1.33. The molecule has 0 amide bonds. The zero-order valence-corrected chi connectivity index (χ0v) is 21.6. The lowest BCUT2D eigenvalue weighted by Gasteiger charge is -2.13. The van der Waals surface area contributed by atoms with Crippen LogP contribution in [-0.4, -0.2) is 36.1 Å². The van der Waals surface area contributed by atoms with Crippen molar-refractivity contribution in [3.63, 3.8) is 0 Å². The summed E-state index contributed by atoms with van der Waals surface area (Å²) in [5, 5.41) is 5.71. The smallest absolute Gasteiger partial charge is 0.308 e. The van der Waals surface area contributed by atoms with E-state index in [0.717, 1.165) is 9.86 Å². The van der Waals surface area contributed by atoms with Crippen molar-refractivity contribution in [2.45, 2.75) is 6.92 Å². The molecule has 5 aromatic rings. The Kier molecular flexibility index (Phi) is 6.49. The fourth-order valence-electron chi connectivity index (χ4n) is 3.86. The number of methoxy groups -OCH3 is 2. The standard InChI is InChI=1S/C27H20BrN3O6/c1-15(32)36-25-22(34-2)10-16(11-23(25)35-3)14-29-31-26(30-20-7-5-4-6-19(20)27(31)33)24-13-17-12-18(28)8-9-21(17)37-24/h4-14H,1-3H3. The Bertz CT molecular complexity index is 1730. The van der Waals surface area contributed by atoms with E-state index >= 15 is 0 Å². The predicted molar refractivity (Wildman–Crippen MR) is 143 cm³/mol. The lowest BCUT2D eigenvalue weighted by molar-refractivity contribution is -0.132. The highest BCUT2D eigenvalue weighted by Crippen LogP contribution is 2.38. The molecular formula is C27H20BrN3O6. The number of carbonyl (C=O) groups excluding carboxylic acids is 1. The van der Waals surface area contributed by atoms with Gasteiger partial charge in [-0.25, -0.2) is 4.98 Å². The topological polar surface area (TPSA) is 105 Å². The molecular weight excluding hydrogens is 542 g/mol. The van der Waals surface area contributed by atoms with E-state index in [4.69, 9.17) is 18.6 Å². The molecule has 3 aromatic carbocycles. The number of aromatic nitrogens is 2. The molecule has 0 aliphatic carbocycles. The monoisotopic (exact) mass is 561 g/mol. The SMILES string of the molecule is COc1cc(C=Nn2c(-c3cc4cc(Br)ccc4o3)nc3ccccc3c2=O)cc(OC)c1OC(C)=O. The van der Waals surface area contributed by atoms with Gasteiger partial charge in [0, 0.05) is 22.3 Å². The molecule has 0 bridgehead atoms. The number of furan rings is 1. The second-order valence-corrected chi connectivity index (χ2v) is 8.87. The van der Waals surface area contributed by atoms with E-state index in [1.165, 1.54) is 32.0 Å². The number of hydrogen-bond acceptors (Lipinski definition) is 8. The first-order valence-electron chi connectivity index (χ1n) is 11.1.